The van der Waals surface area contributed by atoms with Crippen molar-refractivity contribution in [3.05, 3.63) is 73.1 Å². The molecule has 2 aromatic carbocycles. The first kappa shape index (κ1) is 25.6. The number of nitrogens with zero attached hydrogens (tertiary/aromatic N) is 5. The van der Waals surface area contributed by atoms with Crippen LogP contribution in [0.2, 0.25) is 0 Å². The second-order valence-corrected chi connectivity index (χ2v) is 10.3. The van der Waals surface area contributed by atoms with Gasteiger partial charge in [0.05, 0.1) is 28.8 Å². The third-order valence-corrected chi connectivity index (χ3v) is 7.93. The summed E-state index contributed by atoms with van der Waals surface area (Å²) < 4.78 is 0. The van der Waals surface area contributed by atoms with E-state index >= 15 is 0 Å². The number of hydrogen-bond donors (Lipinski definition) is 3. The van der Waals surface area contributed by atoms with Gasteiger partial charge in [0, 0.05) is 47.5 Å². The van der Waals surface area contributed by atoms with E-state index in [1.165, 1.54) is 38.2 Å². The van der Waals surface area contributed by atoms with Crippen LogP contribution < -0.4 is 15.5 Å². The number of anilines is 4. The van der Waals surface area contributed by atoms with Gasteiger partial charge in [-0.2, -0.15) is 5.26 Å². The molecule has 0 bridgehead atoms. The molecule has 9 heteroatoms. The zero-order valence-electron chi connectivity index (χ0n) is 22.4. The van der Waals surface area contributed by atoms with Gasteiger partial charge >= 0.3 is 0 Å². The largest absolute Gasteiger partial charge is 0.371 e. The lowest BCUT2D eigenvalue weighted by atomic mass is 10.0. The molecule has 0 aliphatic carbocycles. The van der Waals surface area contributed by atoms with Crippen LogP contribution in [0.4, 0.5) is 23.0 Å². The highest BCUT2D eigenvalue weighted by atomic mass is 16.1. The van der Waals surface area contributed by atoms with E-state index in [0.29, 0.717) is 34.6 Å². The number of hydrogen-bond acceptors (Lipinski definition) is 7. The molecular weight excluding hydrogens is 500 g/mol. The van der Waals surface area contributed by atoms with E-state index in [1.54, 1.807) is 0 Å². The average Bonchev–Trinajstić information content (AvgIpc) is 3.69. The van der Waals surface area contributed by atoms with E-state index < -0.39 is 0 Å². The molecule has 2 aromatic heterocycles. The van der Waals surface area contributed by atoms with E-state index in [2.05, 4.69) is 49.1 Å². The maximum Gasteiger partial charge on any atom is 0.247 e. The number of benzene rings is 2. The molecule has 0 unspecified atom stereocenters. The molecule has 2 aliphatic rings. The summed E-state index contributed by atoms with van der Waals surface area (Å²) in [5.74, 6) is 0.0285. The van der Waals surface area contributed by atoms with Crippen molar-refractivity contribution in [2.75, 3.05) is 41.7 Å². The van der Waals surface area contributed by atoms with Gasteiger partial charge in [-0.3, -0.25) is 4.79 Å². The van der Waals surface area contributed by atoms with Gasteiger partial charge < -0.3 is 25.4 Å². The fourth-order valence-electron chi connectivity index (χ4n) is 5.84. The van der Waals surface area contributed by atoms with Crippen molar-refractivity contribution in [3.8, 4) is 17.3 Å². The monoisotopic (exact) mass is 532 g/mol. The van der Waals surface area contributed by atoms with Crippen molar-refractivity contribution in [2.45, 2.75) is 31.7 Å². The minimum absolute atomic E-state index is 0.298. The van der Waals surface area contributed by atoms with Crippen molar-refractivity contribution in [3.63, 3.8) is 0 Å². The number of para-hydroxylation sites is 1. The molecule has 4 heterocycles. The van der Waals surface area contributed by atoms with Gasteiger partial charge in [0.15, 0.2) is 0 Å². The van der Waals surface area contributed by atoms with Crippen LogP contribution in [0.25, 0.3) is 22.2 Å². The zero-order valence-corrected chi connectivity index (χ0v) is 22.4. The minimum atomic E-state index is -0.298. The van der Waals surface area contributed by atoms with Gasteiger partial charge in [0.25, 0.3) is 0 Å². The molecule has 40 heavy (non-hydrogen) atoms. The van der Waals surface area contributed by atoms with Gasteiger partial charge in [-0.25, -0.2) is 9.97 Å². The number of rotatable bonds is 7. The third-order valence-electron chi connectivity index (χ3n) is 7.93. The first-order chi connectivity index (χ1) is 19.6. The number of carbonyl (C=O) groups excluding carboxylic acids is 1. The molecule has 0 spiro atoms. The lowest BCUT2D eigenvalue weighted by Gasteiger charge is -2.38. The molecule has 3 N–H and O–H groups in total. The van der Waals surface area contributed by atoms with E-state index in [1.807, 2.05) is 42.6 Å². The van der Waals surface area contributed by atoms with Crippen molar-refractivity contribution in [1.29, 1.82) is 5.26 Å². The topological polar surface area (TPSA) is 113 Å². The lowest BCUT2D eigenvalue weighted by molar-refractivity contribution is -0.111. The number of aromatic nitrogens is 3. The highest BCUT2D eigenvalue weighted by Gasteiger charge is 2.27. The highest BCUT2D eigenvalue weighted by molar-refractivity contribution is 6.02. The number of H-pyrrole nitrogens is 1. The van der Waals surface area contributed by atoms with Gasteiger partial charge in [-0.1, -0.05) is 24.8 Å². The summed E-state index contributed by atoms with van der Waals surface area (Å²) >= 11 is 0. The van der Waals surface area contributed by atoms with Crippen molar-refractivity contribution in [2.24, 2.45) is 0 Å². The summed E-state index contributed by atoms with van der Waals surface area (Å²) in [6, 6.07) is 16.8. The molecule has 2 aliphatic heterocycles. The minimum Gasteiger partial charge on any atom is -0.371 e. The summed E-state index contributed by atoms with van der Waals surface area (Å²) in [6.45, 7) is 8.02. The second-order valence-electron chi connectivity index (χ2n) is 10.3. The van der Waals surface area contributed by atoms with Crippen LogP contribution >= 0.6 is 0 Å². The number of likely N-dealkylation sites (tertiary alicyclic amines) is 1. The fourth-order valence-corrected chi connectivity index (χ4v) is 5.84. The Balaban J connectivity index is 1.27. The molecule has 1 amide bonds. The van der Waals surface area contributed by atoms with E-state index in [9.17, 15) is 10.1 Å². The Kier molecular flexibility index (Phi) is 7.17. The Bertz CT molecular complexity index is 1590. The molecule has 0 radical (unpaired) electrons. The SMILES string of the molecule is C=CC(=O)Nc1cc(N2CCC(N3CCCC3)CC2)ccc1Nc1ncc(C#N)c(-c2c[nH]c3ccccc23)n1. The maximum atomic E-state index is 12.3. The summed E-state index contributed by atoms with van der Waals surface area (Å²) in [5, 5.41) is 16.9. The normalized spacial score (nSPS) is 16.1. The molecule has 202 valence electrons. The number of nitriles is 1. The highest BCUT2D eigenvalue weighted by Crippen LogP contribution is 2.34. The van der Waals surface area contributed by atoms with Gasteiger partial charge in [-0.05, 0) is 69.1 Å². The van der Waals surface area contributed by atoms with Crippen LogP contribution in [-0.4, -0.2) is 58.0 Å². The molecule has 0 atom stereocenters. The molecule has 9 nitrogen and oxygen atoms in total. The lowest BCUT2D eigenvalue weighted by Crippen LogP contribution is -2.43. The number of fused-ring (bicyclic) bond motifs is 1. The first-order valence-corrected chi connectivity index (χ1v) is 13.8. The van der Waals surface area contributed by atoms with Gasteiger partial charge in [-0.15, -0.1) is 0 Å². The predicted octanol–water partition coefficient (Wildman–Crippen LogP) is 5.43. The molecule has 6 rings (SSSR count). The quantitative estimate of drug-likeness (QED) is 0.272. The Morgan fingerprint density at radius 1 is 1.10 bits per heavy atom. The van der Waals surface area contributed by atoms with Gasteiger partial charge in [0.1, 0.15) is 6.07 Å². The standard InChI is InChI=1S/C31H32N8O/c1-2-29(40)35-28-17-23(39-15-11-22(12-16-39)38-13-5-6-14-38)9-10-27(28)36-31-34-19-21(18-32)30(37-31)25-20-33-26-8-4-3-7-24(25)26/h2-4,7-10,17,19-20,22,33H,1,5-6,11-16H2,(H,35,40)(H,34,36,37). The fraction of sp³-hybridized carbons (Fsp3) is 0.290. The van der Waals surface area contributed by atoms with E-state index in [4.69, 9.17) is 4.98 Å². The van der Waals surface area contributed by atoms with E-state index in [0.717, 1.165) is 48.1 Å². The van der Waals surface area contributed by atoms with Crippen LogP contribution in [0.1, 0.15) is 31.2 Å². The molecule has 0 saturated carbocycles. The number of aromatic amines is 1. The summed E-state index contributed by atoms with van der Waals surface area (Å²) in [5.41, 5.74) is 5.03. The van der Waals surface area contributed by atoms with Crippen LogP contribution in [0.15, 0.2) is 67.5 Å². The zero-order chi connectivity index (χ0) is 27.5. The Morgan fingerprint density at radius 3 is 2.67 bits per heavy atom. The van der Waals surface area contributed by atoms with Crippen molar-refractivity contribution < 1.29 is 4.79 Å². The maximum absolute atomic E-state index is 12.3. The van der Waals surface area contributed by atoms with E-state index in [-0.39, 0.29) is 5.91 Å². The smallest absolute Gasteiger partial charge is 0.247 e. The molecular formula is C31H32N8O. The van der Waals surface area contributed by atoms with Crippen LogP contribution in [0.3, 0.4) is 0 Å². The van der Waals surface area contributed by atoms with Gasteiger partial charge in [0.2, 0.25) is 11.9 Å². The molecule has 4 aromatic rings. The second kappa shape index (κ2) is 11.2. The summed E-state index contributed by atoms with van der Waals surface area (Å²) in [7, 11) is 0. The molecule has 2 saturated heterocycles. The Labute approximate surface area is 233 Å². The first-order valence-electron chi connectivity index (χ1n) is 13.8. The number of nitrogens with one attached hydrogen (secondary N) is 3. The number of piperidine rings is 1. The van der Waals surface area contributed by atoms with Crippen LogP contribution in [0, 0.1) is 11.3 Å². The average molecular weight is 533 g/mol. The third kappa shape index (κ3) is 5.14. The summed E-state index contributed by atoms with van der Waals surface area (Å²) in [6.07, 6.45) is 9.54. The van der Waals surface area contributed by atoms with Crippen LogP contribution in [0.5, 0.6) is 0 Å². The summed E-state index contributed by atoms with van der Waals surface area (Å²) in [4.78, 5) is 29.7. The van der Waals surface area contributed by atoms with Crippen LogP contribution in [-0.2, 0) is 4.79 Å². The number of carbonyl (C=O) groups is 1. The van der Waals surface area contributed by atoms with Crippen molar-refractivity contribution in [1.82, 2.24) is 19.9 Å². The predicted molar refractivity (Wildman–Crippen MR) is 159 cm³/mol. The Hall–Kier alpha value is -4.68. The van der Waals surface area contributed by atoms with Crippen molar-refractivity contribution >= 4 is 39.8 Å². The number of amides is 1. The molecule has 2 fully saturated rings. The Morgan fingerprint density at radius 2 is 1.90 bits per heavy atom.